The first kappa shape index (κ1) is 27.7. The van der Waals surface area contributed by atoms with Crippen molar-refractivity contribution in [2.45, 2.75) is 51.2 Å². The molecule has 1 aliphatic rings. The lowest BCUT2D eigenvalue weighted by Gasteiger charge is -2.15. The van der Waals surface area contributed by atoms with Gasteiger partial charge in [-0.3, -0.25) is 9.59 Å². The Morgan fingerprint density at radius 1 is 0.872 bits per heavy atom. The normalized spacial score (nSPS) is 13.1. The molecular formula is C31H32O8. The van der Waals surface area contributed by atoms with Crippen LogP contribution in [-0.4, -0.2) is 43.2 Å². The Hall–Kier alpha value is -4.33. The van der Waals surface area contributed by atoms with E-state index in [1.165, 1.54) is 20.3 Å². The summed E-state index contributed by atoms with van der Waals surface area (Å²) < 4.78 is 21.4. The number of ether oxygens (including phenoxy) is 4. The first-order chi connectivity index (χ1) is 18.9. The summed E-state index contributed by atoms with van der Waals surface area (Å²) in [5, 5.41) is 10.6. The van der Waals surface area contributed by atoms with Crippen LogP contribution in [0, 0.1) is 0 Å². The van der Waals surface area contributed by atoms with Gasteiger partial charge in [0.2, 0.25) is 0 Å². The third-order valence-electron chi connectivity index (χ3n) is 6.74. The minimum Gasteiger partial charge on any atom is -0.507 e. The zero-order valence-corrected chi connectivity index (χ0v) is 22.1. The van der Waals surface area contributed by atoms with E-state index in [9.17, 15) is 19.5 Å². The largest absolute Gasteiger partial charge is 0.507 e. The average molecular weight is 533 g/mol. The molecule has 1 saturated carbocycles. The smallest absolute Gasteiger partial charge is 0.337 e. The molecule has 0 unspecified atom stereocenters. The number of hydrogen-bond acceptors (Lipinski definition) is 8. The van der Waals surface area contributed by atoms with Crippen molar-refractivity contribution >= 4 is 17.7 Å². The molecule has 0 atom stereocenters. The lowest BCUT2D eigenvalue weighted by molar-refractivity contribution is -0.140. The van der Waals surface area contributed by atoms with E-state index in [-0.39, 0.29) is 42.2 Å². The number of rotatable bonds is 11. The van der Waals surface area contributed by atoms with Crippen LogP contribution in [0.2, 0.25) is 0 Å². The van der Waals surface area contributed by atoms with Gasteiger partial charge in [-0.05, 0) is 85.7 Å². The van der Waals surface area contributed by atoms with Crippen LogP contribution in [0.15, 0.2) is 60.7 Å². The second kappa shape index (κ2) is 13.0. The van der Waals surface area contributed by atoms with E-state index in [4.69, 9.17) is 18.9 Å². The number of phenolic OH excluding ortho intramolecular Hbond substituents is 1. The number of ketones is 1. The maximum atomic E-state index is 13.3. The average Bonchev–Trinajstić information content (AvgIpc) is 3.47. The summed E-state index contributed by atoms with van der Waals surface area (Å²) >= 11 is 0. The number of carbonyl (C=O) groups is 3. The number of aryl methyl sites for hydroxylation is 1. The fourth-order valence-electron chi connectivity index (χ4n) is 4.54. The summed E-state index contributed by atoms with van der Waals surface area (Å²) in [5.74, 6) is -0.261. The van der Waals surface area contributed by atoms with Gasteiger partial charge in [-0.15, -0.1) is 0 Å². The predicted octanol–water partition coefficient (Wildman–Crippen LogP) is 5.42. The molecule has 1 fully saturated rings. The van der Waals surface area contributed by atoms with Crippen molar-refractivity contribution in [1.82, 2.24) is 0 Å². The highest BCUT2D eigenvalue weighted by Gasteiger charge is 2.20. The molecule has 8 nitrogen and oxygen atoms in total. The summed E-state index contributed by atoms with van der Waals surface area (Å²) in [6.45, 7) is 0.212. The summed E-state index contributed by atoms with van der Waals surface area (Å²) in [4.78, 5) is 36.8. The second-order valence-electron chi connectivity index (χ2n) is 9.41. The molecular weight excluding hydrogens is 500 g/mol. The van der Waals surface area contributed by atoms with Gasteiger partial charge in [0.25, 0.3) is 0 Å². The second-order valence-corrected chi connectivity index (χ2v) is 9.41. The van der Waals surface area contributed by atoms with Crippen molar-refractivity contribution in [2.75, 3.05) is 14.2 Å². The number of hydrogen-bond donors (Lipinski definition) is 1. The van der Waals surface area contributed by atoms with E-state index < -0.39 is 5.97 Å². The van der Waals surface area contributed by atoms with Gasteiger partial charge >= 0.3 is 11.9 Å². The molecule has 0 saturated heterocycles. The van der Waals surface area contributed by atoms with Crippen molar-refractivity contribution < 1.29 is 38.4 Å². The fraction of sp³-hybridized carbons (Fsp3) is 0.323. The molecule has 0 amide bonds. The molecule has 1 N–H and O–H groups in total. The standard InChI is InChI=1S/C31H32O8/c1-36-29(33)16-12-22-17-23(11-15-28(22)38-19-20-7-9-21(10-8-20)31(35)37-2)30(34)26-14-13-25(18-27(26)32)39-24-5-3-4-6-24/h7-11,13-15,17-18,24,32H,3-6,12,16,19H2,1-2H3. The molecule has 3 aromatic rings. The third kappa shape index (κ3) is 7.16. The van der Waals surface area contributed by atoms with Gasteiger partial charge in [-0.25, -0.2) is 4.79 Å². The van der Waals surface area contributed by atoms with E-state index in [1.807, 2.05) is 0 Å². The van der Waals surface area contributed by atoms with Gasteiger partial charge in [0.15, 0.2) is 5.78 Å². The lowest BCUT2D eigenvalue weighted by Crippen LogP contribution is -2.11. The Bertz CT molecular complexity index is 1320. The van der Waals surface area contributed by atoms with Gasteiger partial charge < -0.3 is 24.1 Å². The van der Waals surface area contributed by atoms with E-state index in [0.717, 1.165) is 31.2 Å². The number of benzene rings is 3. The summed E-state index contributed by atoms with van der Waals surface area (Å²) in [7, 11) is 2.65. The highest BCUT2D eigenvalue weighted by Crippen LogP contribution is 2.31. The van der Waals surface area contributed by atoms with Crippen LogP contribution < -0.4 is 9.47 Å². The number of carbonyl (C=O) groups excluding carboxylic acids is 3. The van der Waals surface area contributed by atoms with Crippen molar-refractivity contribution in [3.63, 3.8) is 0 Å². The molecule has 0 aromatic heterocycles. The molecule has 0 spiro atoms. The Labute approximate surface area is 227 Å². The fourth-order valence-corrected chi connectivity index (χ4v) is 4.54. The Kier molecular flexibility index (Phi) is 9.20. The Morgan fingerprint density at radius 2 is 1.59 bits per heavy atom. The number of phenols is 1. The molecule has 4 rings (SSSR count). The summed E-state index contributed by atoms with van der Waals surface area (Å²) in [5.41, 5.74) is 2.42. The first-order valence-electron chi connectivity index (χ1n) is 12.9. The Morgan fingerprint density at radius 3 is 2.26 bits per heavy atom. The monoisotopic (exact) mass is 532 g/mol. The predicted molar refractivity (Wildman–Crippen MR) is 143 cm³/mol. The summed E-state index contributed by atoms with van der Waals surface area (Å²) in [6.07, 6.45) is 4.79. The number of esters is 2. The van der Waals surface area contributed by atoms with Gasteiger partial charge in [-0.2, -0.15) is 0 Å². The Balaban J connectivity index is 1.51. The van der Waals surface area contributed by atoms with Gasteiger partial charge in [0.05, 0.1) is 31.5 Å². The number of aromatic hydroxyl groups is 1. The zero-order valence-electron chi connectivity index (χ0n) is 22.1. The zero-order chi connectivity index (χ0) is 27.8. The molecule has 0 radical (unpaired) electrons. The molecule has 3 aromatic carbocycles. The quantitative estimate of drug-likeness (QED) is 0.258. The molecule has 39 heavy (non-hydrogen) atoms. The van der Waals surface area contributed by atoms with Gasteiger partial charge in [-0.1, -0.05) is 12.1 Å². The van der Waals surface area contributed by atoms with E-state index in [1.54, 1.807) is 54.6 Å². The minimum atomic E-state index is -0.421. The topological polar surface area (TPSA) is 108 Å². The molecule has 0 aliphatic heterocycles. The van der Waals surface area contributed by atoms with Crippen LogP contribution in [0.1, 0.15) is 69.5 Å². The SMILES string of the molecule is COC(=O)CCc1cc(C(=O)c2ccc(OC3CCCC3)cc2O)ccc1OCc1ccc(C(=O)OC)cc1. The molecule has 8 heteroatoms. The van der Waals surface area contributed by atoms with Crippen molar-refractivity contribution in [2.24, 2.45) is 0 Å². The number of methoxy groups -OCH3 is 2. The van der Waals surface area contributed by atoms with Crippen LogP contribution in [0.5, 0.6) is 17.2 Å². The molecule has 204 valence electrons. The van der Waals surface area contributed by atoms with Crippen LogP contribution in [0.4, 0.5) is 0 Å². The first-order valence-corrected chi connectivity index (χ1v) is 12.9. The van der Waals surface area contributed by atoms with Crippen LogP contribution in [0.25, 0.3) is 0 Å². The third-order valence-corrected chi connectivity index (χ3v) is 6.74. The maximum Gasteiger partial charge on any atom is 0.337 e. The van der Waals surface area contributed by atoms with Crippen LogP contribution >= 0.6 is 0 Å². The lowest BCUT2D eigenvalue weighted by atomic mass is 9.98. The van der Waals surface area contributed by atoms with Gasteiger partial charge in [0.1, 0.15) is 23.9 Å². The van der Waals surface area contributed by atoms with Crippen LogP contribution in [0.3, 0.4) is 0 Å². The van der Waals surface area contributed by atoms with Crippen molar-refractivity contribution in [3.8, 4) is 17.2 Å². The molecule has 0 heterocycles. The van der Waals surface area contributed by atoms with Crippen molar-refractivity contribution in [3.05, 3.63) is 88.5 Å². The molecule has 0 bridgehead atoms. The van der Waals surface area contributed by atoms with E-state index in [2.05, 4.69) is 0 Å². The highest BCUT2D eigenvalue weighted by atomic mass is 16.5. The minimum absolute atomic E-state index is 0.108. The highest BCUT2D eigenvalue weighted by molar-refractivity contribution is 6.11. The van der Waals surface area contributed by atoms with E-state index >= 15 is 0 Å². The maximum absolute atomic E-state index is 13.3. The van der Waals surface area contributed by atoms with Gasteiger partial charge in [0, 0.05) is 18.1 Å². The van der Waals surface area contributed by atoms with Crippen LogP contribution in [-0.2, 0) is 27.3 Å². The summed E-state index contributed by atoms with van der Waals surface area (Å²) in [6, 6.07) is 16.6. The molecule has 1 aliphatic carbocycles. The van der Waals surface area contributed by atoms with Crippen molar-refractivity contribution in [1.29, 1.82) is 0 Å². The van der Waals surface area contributed by atoms with E-state index in [0.29, 0.717) is 34.6 Å².